The van der Waals surface area contributed by atoms with E-state index < -0.39 is 12.9 Å². The Morgan fingerprint density at radius 3 is 2.53 bits per heavy atom. The monoisotopic (exact) mass is 211 g/mol. The first-order chi connectivity index (χ1) is 7.11. The van der Waals surface area contributed by atoms with E-state index in [1.807, 2.05) is 0 Å². The summed E-state index contributed by atoms with van der Waals surface area (Å²) in [6.45, 7) is 0.952. The van der Waals surface area contributed by atoms with Gasteiger partial charge in [0, 0.05) is 12.6 Å². The molecule has 1 unspecified atom stereocenters. The van der Waals surface area contributed by atoms with Gasteiger partial charge in [0.15, 0.2) is 0 Å². The van der Waals surface area contributed by atoms with Crippen LogP contribution in [0.2, 0.25) is 0 Å². The smallest absolute Gasteiger partial charge is 0.221 e. The third-order valence-electron chi connectivity index (χ3n) is 1.60. The second kappa shape index (κ2) is 5.33. The van der Waals surface area contributed by atoms with Crippen molar-refractivity contribution >= 4 is 11.6 Å². The van der Waals surface area contributed by atoms with Crippen molar-refractivity contribution in [1.29, 1.82) is 0 Å². The number of carbonyl (C=O) groups is 1. The molecule has 0 radical (unpaired) electrons. The van der Waals surface area contributed by atoms with E-state index in [4.69, 9.17) is 14.9 Å². The molecule has 1 rings (SSSR count). The van der Waals surface area contributed by atoms with Crippen molar-refractivity contribution in [2.24, 2.45) is 0 Å². The largest absolute Gasteiger partial charge is 0.463 e. The van der Waals surface area contributed by atoms with Crippen LogP contribution in [0.4, 0.5) is 5.69 Å². The highest BCUT2D eigenvalue weighted by atomic mass is 16.6. The molecule has 0 spiro atoms. The average molecular weight is 211 g/mol. The van der Waals surface area contributed by atoms with Crippen molar-refractivity contribution in [2.75, 3.05) is 11.9 Å². The summed E-state index contributed by atoms with van der Waals surface area (Å²) in [6.07, 6.45) is -1.23. The second-order valence-electron chi connectivity index (χ2n) is 2.96. The lowest BCUT2D eigenvalue weighted by Crippen LogP contribution is -2.19. The van der Waals surface area contributed by atoms with Crippen molar-refractivity contribution in [2.45, 2.75) is 13.2 Å². The fourth-order valence-corrected chi connectivity index (χ4v) is 1.01. The van der Waals surface area contributed by atoms with Gasteiger partial charge in [-0.2, -0.15) is 0 Å². The molecule has 0 heterocycles. The fraction of sp³-hybridized carbons (Fsp3) is 0.300. The Morgan fingerprint density at radius 2 is 2.07 bits per heavy atom. The number of amides is 1. The molecule has 5 nitrogen and oxygen atoms in total. The van der Waals surface area contributed by atoms with E-state index in [0.29, 0.717) is 11.4 Å². The van der Waals surface area contributed by atoms with Crippen LogP contribution in [0.1, 0.15) is 6.92 Å². The van der Waals surface area contributed by atoms with Crippen molar-refractivity contribution < 1.29 is 19.7 Å². The van der Waals surface area contributed by atoms with Crippen LogP contribution in [0.15, 0.2) is 24.3 Å². The van der Waals surface area contributed by atoms with Crippen molar-refractivity contribution in [3.05, 3.63) is 24.3 Å². The maximum absolute atomic E-state index is 10.7. The van der Waals surface area contributed by atoms with Gasteiger partial charge in [-0.25, -0.2) is 0 Å². The second-order valence-corrected chi connectivity index (χ2v) is 2.96. The van der Waals surface area contributed by atoms with Crippen LogP contribution >= 0.6 is 0 Å². The molecular formula is C10H13NO4. The van der Waals surface area contributed by atoms with Crippen LogP contribution in [-0.2, 0) is 4.79 Å². The van der Waals surface area contributed by atoms with Gasteiger partial charge in [0.05, 0.1) is 0 Å². The number of rotatable bonds is 4. The number of ether oxygens (including phenoxy) is 1. The molecule has 1 aromatic carbocycles. The van der Waals surface area contributed by atoms with Crippen LogP contribution in [0.25, 0.3) is 0 Å². The number of benzene rings is 1. The molecule has 0 aliphatic carbocycles. The summed E-state index contributed by atoms with van der Waals surface area (Å²) in [5, 5.41) is 20.1. The first-order valence-corrected chi connectivity index (χ1v) is 4.45. The highest BCUT2D eigenvalue weighted by molar-refractivity contribution is 5.88. The van der Waals surface area contributed by atoms with Gasteiger partial charge in [-0.1, -0.05) is 0 Å². The minimum Gasteiger partial charge on any atom is -0.463 e. The molecule has 1 atom stereocenters. The molecule has 0 fully saturated rings. The van der Waals surface area contributed by atoms with Gasteiger partial charge in [-0.15, -0.1) is 0 Å². The van der Waals surface area contributed by atoms with Crippen molar-refractivity contribution in [3.8, 4) is 5.75 Å². The van der Waals surface area contributed by atoms with Gasteiger partial charge in [0.2, 0.25) is 12.2 Å². The van der Waals surface area contributed by atoms with Gasteiger partial charge in [0.1, 0.15) is 12.4 Å². The zero-order valence-corrected chi connectivity index (χ0v) is 8.30. The summed E-state index contributed by atoms with van der Waals surface area (Å²) in [4.78, 5) is 10.7. The van der Waals surface area contributed by atoms with Crippen LogP contribution in [0, 0.1) is 0 Å². The number of hydrogen-bond acceptors (Lipinski definition) is 4. The Morgan fingerprint density at radius 1 is 1.47 bits per heavy atom. The number of aliphatic hydroxyl groups is 2. The maximum Gasteiger partial charge on any atom is 0.221 e. The molecule has 0 aromatic heterocycles. The Bertz CT molecular complexity index is 323. The summed E-state index contributed by atoms with van der Waals surface area (Å²) < 4.78 is 4.92. The minimum atomic E-state index is -1.23. The van der Waals surface area contributed by atoms with E-state index in [9.17, 15) is 4.79 Å². The third kappa shape index (κ3) is 3.97. The molecular weight excluding hydrogens is 198 g/mol. The molecule has 3 N–H and O–H groups in total. The predicted octanol–water partition coefficient (Wildman–Crippen LogP) is 0.334. The molecule has 0 bridgehead atoms. The van der Waals surface area contributed by atoms with Gasteiger partial charge >= 0.3 is 0 Å². The van der Waals surface area contributed by atoms with Gasteiger partial charge in [0.25, 0.3) is 0 Å². The molecule has 0 saturated heterocycles. The standard InChI is InChI=1S/C10H13NO4/c1-7(13)11-8-2-4-9(5-3-8)15-10(14)6-12/h2-5,10,12,14H,6H2,1H3,(H,11,13). The van der Waals surface area contributed by atoms with Crippen LogP contribution in [0.5, 0.6) is 5.75 Å². The van der Waals surface area contributed by atoms with Crippen LogP contribution < -0.4 is 10.1 Å². The van der Waals surface area contributed by atoms with Crippen LogP contribution in [0.3, 0.4) is 0 Å². The molecule has 0 aliphatic heterocycles. The normalized spacial score (nSPS) is 11.9. The van der Waals surface area contributed by atoms with Gasteiger partial charge in [-0.05, 0) is 24.3 Å². The highest BCUT2D eigenvalue weighted by Gasteiger charge is 2.03. The summed E-state index contributed by atoms with van der Waals surface area (Å²) >= 11 is 0. The van der Waals surface area contributed by atoms with E-state index in [2.05, 4.69) is 5.32 Å². The number of hydrogen-bond donors (Lipinski definition) is 3. The summed E-state index contributed by atoms with van der Waals surface area (Å²) in [7, 11) is 0. The maximum atomic E-state index is 10.7. The van der Waals surface area contributed by atoms with Gasteiger partial charge < -0.3 is 20.3 Å². The van der Waals surface area contributed by atoms with E-state index in [0.717, 1.165) is 0 Å². The topological polar surface area (TPSA) is 78.8 Å². The van der Waals surface area contributed by atoms with Gasteiger partial charge in [-0.3, -0.25) is 4.79 Å². The van der Waals surface area contributed by atoms with E-state index in [1.165, 1.54) is 6.92 Å². The summed E-state index contributed by atoms with van der Waals surface area (Å²) in [6, 6.07) is 6.45. The average Bonchev–Trinajstić information content (AvgIpc) is 2.20. The molecule has 82 valence electrons. The fourth-order valence-electron chi connectivity index (χ4n) is 1.01. The lowest BCUT2D eigenvalue weighted by molar-refractivity contribution is -0.114. The first kappa shape index (κ1) is 11.5. The zero-order chi connectivity index (χ0) is 11.3. The van der Waals surface area contributed by atoms with Crippen LogP contribution in [-0.4, -0.2) is 29.0 Å². The summed E-state index contributed by atoms with van der Waals surface area (Å²) in [5.41, 5.74) is 0.647. The molecule has 5 heteroatoms. The van der Waals surface area contributed by atoms with E-state index in [-0.39, 0.29) is 5.91 Å². The lowest BCUT2D eigenvalue weighted by atomic mass is 10.3. The number of carbonyl (C=O) groups excluding carboxylic acids is 1. The molecule has 15 heavy (non-hydrogen) atoms. The molecule has 0 saturated carbocycles. The number of aliphatic hydroxyl groups excluding tert-OH is 2. The quantitative estimate of drug-likeness (QED) is 0.627. The molecule has 0 aliphatic rings. The third-order valence-corrected chi connectivity index (χ3v) is 1.60. The minimum absolute atomic E-state index is 0.154. The predicted molar refractivity (Wildman–Crippen MR) is 54.5 cm³/mol. The SMILES string of the molecule is CC(=O)Nc1ccc(OC(O)CO)cc1. The van der Waals surface area contributed by atoms with Crippen molar-refractivity contribution in [3.63, 3.8) is 0 Å². The zero-order valence-electron chi connectivity index (χ0n) is 8.30. The Labute approximate surface area is 87.3 Å². The highest BCUT2D eigenvalue weighted by Crippen LogP contribution is 2.16. The Kier molecular flexibility index (Phi) is 4.08. The van der Waals surface area contributed by atoms with Crippen molar-refractivity contribution in [1.82, 2.24) is 0 Å². The number of anilines is 1. The molecule has 1 amide bonds. The van der Waals surface area contributed by atoms with E-state index >= 15 is 0 Å². The Balaban J connectivity index is 2.60. The summed E-state index contributed by atoms with van der Waals surface area (Å²) in [5.74, 6) is 0.268. The van der Waals surface area contributed by atoms with E-state index in [1.54, 1.807) is 24.3 Å². The number of nitrogens with one attached hydrogen (secondary N) is 1. The molecule has 1 aromatic rings. The Hall–Kier alpha value is -1.59. The lowest BCUT2D eigenvalue weighted by Gasteiger charge is -2.11. The first-order valence-electron chi connectivity index (χ1n) is 4.45.